The van der Waals surface area contributed by atoms with Gasteiger partial charge in [-0.05, 0) is 38.0 Å². The molecule has 0 radical (unpaired) electrons. The number of anilines is 1. The monoisotopic (exact) mass is 377 g/mol. The number of thiazole rings is 1. The van der Waals surface area contributed by atoms with E-state index in [0.717, 1.165) is 37.7 Å². The van der Waals surface area contributed by atoms with Crippen LogP contribution in [-0.4, -0.2) is 36.1 Å². The Kier molecular flexibility index (Phi) is 5.28. The predicted octanol–water partition coefficient (Wildman–Crippen LogP) is 5.06. The number of aromatic nitrogens is 1. The van der Waals surface area contributed by atoms with Crippen molar-refractivity contribution in [3.63, 3.8) is 0 Å². The second-order valence-corrected chi connectivity index (χ2v) is 8.35. The van der Waals surface area contributed by atoms with Crippen LogP contribution in [0.1, 0.15) is 22.4 Å². The third-order valence-electron chi connectivity index (χ3n) is 5.52. The molecule has 2 aromatic carbocycles. The van der Waals surface area contributed by atoms with Gasteiger partial charge in [0.1, 0.15) is 5.01 Å². The van der Waals surface area contributed by atoms with E-state index in [2.05, 4.69) is 78.4 Å². The normalized spacial score (nSPS) is 15.3. The van der Waals surface area contributed by atoms with Crippen molar-refractivity contribution in [2.75, 3.05) is 31.1 Å². The summed E-state index contributed by atoms with van der Waals surface area (Å²) >= 11 is 1.75. The van der Waals surface area contributed by atoms with Crippen LogP contribution in [0.15, 0.2) is 47.8 Å². The van der Waals surface area contributed by atoms with E-state index in [-0.39, 0.29) is 0 Å². The van der Waals surface area contributed by atoms with E-state index in [1.807, 2.05) is 0 Å². The summed E-state index contributed by atoms with van der Waals surface area (Å²) in [6, 6.07) is 15.3. The van der Waals surface area contributed by atoms with Gasteiger partial charge in [-0.3, -0.25) is 4.90 Å². The molecule has 1 fully saturated rings. The molecule has 3 nitrogen and oxygen atoms in total. The maximum absolute atomic E-state index is 4.87. The minimum Gasteiger partial charge on any atom is -0.369 e. The van der Waals surface area contributed by atoms with Crippen LogP contribution in [0.4, 0.5) is 5.69 Å². The summed E-state index contributed by atoms with van der Waals surface area (Å²) in [4.78, 5) is 9.92. The highest BCUT2D eigenvalue weighted by atomic mass is 32.1. The Labute approximate surface area is 166 Å². The molecule has 4 rings (SSSR count). The van der Waals surface area contributed by atoms with Crippen molar-refractivity contribution in [1.29, 1.82) is 0 Å². The fourth-order valence-corrected chi connectivity index (χ4v) is 4.48. The van der Waals surface area contributed by atoms with E-state index in [1.165, 1.54) is 33.6 Å². The fourth-order valence-electron chi connectivity index (χ4n) is 3.66. The van der Waals surface area contributed by atoms with Gasteiger partial charge in [-0.25, -0.2) is 4.98 Å². The average Bonchev–Trinajstić information content (AvgIpc) is 3.14. The Balaban J connectivity index is 1.37. The minimum absolute atomic E-state index is 0.947. The second kappa shape index (κ2) is 7.83. The van der Waals surface area contributed by atoms with Crippen LogP contribution in [0.3, 0.4) is 0 Å². The van der Waals surface area contributed by atoms with Crippen LogP contribution in [-0.2, 0) is 6.54 Å². The van der Waals surface area contributed by atoms with Crippen molar-refractivity contribution in [2.45, 2.75) is 27.3 Å². The van der Waals surface area contributed by atoms with Crippen LogP contribution >= 0.6 is 11.3 Å². The second-order valence-electron chi connectivity index (χ2n) is 7.49. The van der Waals surface area contributed by atoms with Gasteiger partial charge in [0.05, 0.1) is 5.69 Å². The number of nitrogens with zero attached hydrogens (tertiary/aromatic N) is 3. The van der Waals surface area contributed by atoms with E-state index < -0.39 is 0 Å². The molecule has 0 unspecified atom stereocenters. The van der Waals surface area contributed by atoms with Gasteiger partial charge in [0.2, 0.25) is 0 Å². The first-order valence-corrected chi connectivity index (χ1v) is 10.5. The molecule has 0 saturated carbocycles. The molecular weight excluding hydrogens is 350 g/mol. The van der Waals surface area contributed by atoms with Gasteiger partial charge in [0.15, 0.2) is 0 Å². The molecule has 0 spiro atoms. The summed E-state index contributed by atoms with van der Waals surface area (Å²) < 4.78 is 0. The number of aryl methyl sites for hydroxylation is 2. The average molecular weight is 378 g/mol. The van der Waals surface area contributed by atoms with Gasteiger partial charge >= 0.3 is 0 Å². The van der Waals surface area contributed by atoms with Gasteiger partial charge in [0.25, 0.3) is 0 Å². The molecule has 0 amide bonds. The van der Waals surface area contributed by atoms with E-state index in [4.69, 9.17) is 4.98 Å². The first-order chi connectivity index (χ1) is 13.1. The van der Waals surface area contributed by atoms with E-state index in [9.17, 15) is 0 Å². The molecule has 1 saturated heterocycles. The summed E-state index contributed by atoms with van der Waals surface area (Å²) in [5.74, 6) is 0. The zero-order valence-electron chi connectivity index (χ0n) is 16.4. The summed E-state index contributed by atoms with van der Waals surface area (Å²) in [6.07, 6.45) is 0. The van der Waals surface area contributed by atoms with Crippen molar-refractivity contribution < 1.29 is 0 Å². The molecule has 4 heteroatoms. The lowest BCUT2D eigenvalue weighted by molar-refractivity contribution is 0.247. The van der Waals surface area contributed by atoms with Gasteiger partial charge < -0.3 is 4.90 Å². The molecule has 1 aliphatic rings. The Morgan fingerprint density at radius 2 is 1.67 bits per heavy atom. The first-order valence-electron chi connectivity index (χ1n) is 9.65. The standard InChI is InChI=1S/C23H27N3S/c1-17-7-9-20(10-8-17)23-24-21(16-27-23)15-25-11-13-26(14-12-25)22-6-4-5-18(2)19(22)3/h4-10,16H,11-15H2,1-3H3. The van der Waals surface area contributed by atoms with Gasteiger partial charge in [-0.2, -0.15) is 0 Å². The maximum atomic E-state index is 4.87. The molecule has 1 aromatic heterocycles. The highest BCUT2D eigenvalue weighted by molar-refractivity contribution is 7.13. The van der Waals surface area contributed by atoms with E-state index in [1.54, 1.807) is 11.3 Å². The van der Waals surface area contributed by atoms with Crippen molar-refractivity contribution in [3.8, 4) is 10.6 Å². The van der Waals surface area contributed by atoms with Crippen LogP contribution in [0.2, 0.25) is 0 Å². The Morgan fingerprint density at radius 3 is 2.41 bits per heavy atom. The Morgan fingerprint density at radius 1 is 0.926 bits per heavy atom. The molecule has 2 heterocycles. The van der Waals surface area contributed by atoms with Gasteiger partial charge in [-0.15, -0.1) is 11.3 Å². The quantitative estimate of drug-likeness (QED) is 0.634. The largest absolute Gasteiger partial charge is 0.369 e. The molecule has 1 aliphatic heterocycles. The summed E-state index contributed by atoms with van der Waals surface area (Å²) in [7, 11) is 0. The lowest BCUT2D eigenvalue weighted by Gasteiger charge is -2.36. The highest BCUT2D eigenvalue weighted by Gasteiger charge is 2.19. The van der Waals surface area contributed by atoms with Crippen LogP contribution in [0.5, 0.6) is 0 Å². The predicted molar refractivity (Wildman–Crippen MR) is 116 cm³/mol. The van der Waals surface area contributed by atoms with Crippen molar-refractivity contribution >= 4 is 17.0 Å². The van der Waals surface area contributed by atoms with Crippen molar-refractivity contribution in [1.82, 2.24) is 9.88 Å². The zero-order valence-corrected chi connectivity index (χ0v) is 17.2. The molecule has 0 bridgehead atoms. The maximum Gasteiger partial charge on any atom is 0.123 e. The van der Waals surface area contributed by atoms with Crippen LogP contribution < -0.4 is 4.90 Å². The fraction of sp³-hybridized carbons (Fsp3) is 0.348. The highest BCUT2D eigenvalue weighted by Crippen LogP contribution is 2.26. The smallest absolute Gasteiger partial charge is 0.123 e. The Bertz CT molecular complexity index is 906. The van der Waals surface area contributed by atoms with Crippen LogP contribution in [0, 0.1) is 20.8 Å². The first kappa shape index (κ1) is 18.2. The lowest BCUT2D eigenvalue weighted by Crippen LogP contribution is -2.46. The van der Waals surface area contributed by atoms with E-state index in [0.29, 0.717) is 0 Å². The molecule has 0 atom stereocenters. The topological polar surface area (TPSA) is 19.4 Å². The van der Waals surface area contributed by atoms with Crippen molar-refractivity contribution in [2.24, 2.45) is 0 Å². The molecule has 0 N–H and O–H groups in total. The molecule has 0 aliphatic carbocycles. The third-order valence-corrected chi connectivity index (χ3v) is 6.47. The number of rotatable bonds is 4. The van der Waals surface area contributed by atoms with E-state index >= 15 is 0 Å². The Hall–Kier alpha value is -2.17. The number of hydrogen-bond acceptors (Lipinski definition) is 4. The molecule has 27 heavy (non-hydrogen) atoms. The SMILES string of the molecule is Cc1ccc(-c2nc(CN3CCN(c4cccc(C)c4C)CC3)cs2)cc1. The zero-order chi connectivity index (χ0) is 18.8. The van der Waals surface area contributed by atoms with Gasteiger partial charge in [-0.1, -0.05) is 42.0 Å². The summed E-state index contributed by atoms with van der Waals surface area (Å²) in [5, 5.41) is 3.34. The van der Waals surface area contributed by atoms with Crippen LogP contribution in [0.25, 0.3) is 10.6 Å². The third kappa shape index (κ3) is 4.07. The molecule has 3 aromatic rings. The molecular formula is C23H27N3S. The number of benzene rings is 2. The number of hydrogen-bond donors (Lipinski definition) is 0. The van der Waals surface area contributed by atoms with Crippen molar-refractivity contribution in [3.05, 3.63) is 70.2 Å². The minimum atomic E-state index is 0.947. The molecule has 140 valence electrons. The number of piperazine rings is 1. The summed E-state index contributed by atoms with van der Waals surface area (Å²) in [5.41, 5.74) is 7.88. The summed E-state index contributed by atoms with van der Waals surface area (Å²) in [6.45, 7) is 11.8. The van der Waals surface area contributed by atoms with Gasteiger partial charge in [0, 0.05) is 49.4 Å². The lowest BCUT2D eigenvalue weighted by atomic mass is 10.1.